The molecule has 7 heteroatoms. The van der Waals surface area contributed by atoms with Crippen molar-refractivity contribution in [1.29, 1.82) is 0 Å². The van der Waals surface area contributed by atoms with Crippen LogP contribution in [0, 0.1) is 15.3 Å². The molecule has 0 rings (SSSR count). The molecule has 0 aromatic rings. The van der Waals surface area contributed by atoms with Crippen molar-refractivity contribution in [3.05, 3.63) is 15.3 Å². The van der Waals surface area contributed by atoms with Gasteiger partial charge in [0.1, 0.15) is 0 Å². The van der Waals surface area contributed by atoms with E-state index >= 15 is 0 Å². The molecule has 0 amide bonds. The van der Waals surface area contributed by atoms with E-state index in [1.807, 2.05) is 0 Å². The first kappa shape index (κ1) is 10.3. The van der Waals surface area contributed by atoms with Crippen molar-refractivity contribution in [2.24, 2.45) is 0 Å². The molecule has 0 aromatic carbocycles. The fourth-order valence-electron chi connectivity index (χ4n) is 0. The molecule has 0 aliphatic heterocycles. The Balaban J connectivity index is 0. The molecule has 7 heavy (non-hydrogen) atoms. The summed E-state index contributed by atoms with van der Waals surface area (Å²) >= 11 is 0.194. The van der Waals surface area contributed by atoms with Crippen LogP contribution in [-0.2, 0) is 13.1 Å². The molecule has 0 aliphatic carbocycles. The van der Waals surface area contributed by atoms with E-state index in [2.05, 4.69) is 0 Å². The summed E-state index contributed by atoms with van der Waals surface area (Å²) in [6.07, 6.45) is 0. The zero-order valence-corrected chi connectivity index (χ0v) is 5.40. The first-order valence-electron chi connectivity index (χ1n) is 0.815. The third kappa shape index (κ3) is 1300. The Morgan fingerprint density at radius 3 is 1.43 bits per heavy atom. The average molecular weight is 189 g/mol. The van der Waals surface area contributed by atoms with E-state index in [4.69, 9.17) is 35.5 Å². The summed E-state index contributed by atoms with van der Waals surface area (Å²) in [4.78, 5) is 8.25. The standard InChI is InChI=1S/2ClH.Fe.NO3/c;;;2-1(3)4/h2*1H;;/q;;+3;-1/p-2. The summed E-state index contributed by atoms with van der Waals surface area (Å²) in [6.45, 7) is 0. The first-order chi connectivity index (χ1) is 3.15. The molecule has 0 atom stereocenters. The molecular formula is Cl2FeNO3. The van der Waals surface area contributed by atoms with E-state index in [1.54, 1.807) is 0 Å². The van der Waals surface area contributed by atoms with Crippen molar-refractivity contribution >= 4 is 20.2 Å². The molecule has 0 fully saturated rings. The van der Waals surface area contributed by atoms with Crippen LogP contribution >= 0.6 is 20.2 Å². The fourth-order valence-corrected chi connectivity index (χ4v) is 0. The molecular weight excluding hydrogens is 189 g/mol. The van der Waals surface area contributed by atoms with Crippen LogP contribution in [0.4, 0.5) is 0 Å². The summed E-state index contributed by atoms with van der Waals surface area (Å²) in [5.74, 6) is 0. The first-order valence-corrected chi connectivity index (χ1v) is 3.85. The molecule has 0 spiro atoms. The number of hydrogen-bond donors (Lipinski definition) is 0. The third-order valence-electron chi connectivity index (χ3n) is 0. The molecule has 0 aliphatic rings. The molecule has 0 aromatic heterocycles. The van der Waals surface area contributed by atoms with E-state index in [-0.39, 0.29) is 13.1 Å². The SMILES string of the molecule is O=[N+]([O-])[O-].[Cl][Fe+][Cl]. The maximum absolute atomic E-state index is 8.25. The Labute approximate surface area is 54.1 Å². The topological polar surface area (TPSA) is 66.2 Å². The third-order valence-corrected chi connectivity index (χ3v) is 0. The summed E-state index contributed by atoms with van der Waals surface area (Å²) in [6, 6.07) is 0. The van der Waals surface area contributed by atoms with Crippen molar-refractivity contribution in [1.82, 2.24) is 0 Å². The van der Waals surface area contributed by atoms with Crippen LogP contribution in [0.3, 0.4) is 0 Å². The van der Waals surface area contributed by atoms with E-state index < -0.39 is 5.09 Å². The normalized spacial score (nSPS) is 6.00. The van der Waals surface area contributed by atoms with Crippen molar-refractivity contribution in [3.63, 3.8) is 0 Å². The second kappa shape index (κ2) is 9.57. The molecule has 0 unspecified atom stereocenters. The molecule has 0 N–H and O–H groups in total. The summed E-state index contributed by atoms with van der Waals surface area (Å²) in [5, 5.41) is 14.8. The molecule has 0 radical (unpaired) electrons. The Hall–Kier alpha value is 0.299. The second-order valence-corrected chi connectivity index (χ2v) is 2.10. The van der Waals surface area contributed by atoms with Gasteiger partial charge < -0.3 is 15.3 Å². The minimum atomic E-state index is -1.75. The van der Waals surface area contributed by atoms with Gasteiger partial charge in [-0.2, -0.15) is 0 Å². The fraction of sp³-hybridized carbons (Fsp3) is 0. The Bertz CT molecular complexity index is 44.2. The van der Waals surface area contributed by atoms with Crippen LogP contribution in [0.15, 0.2) is 0 Å². The predicted molar refractivity (Wildman–Crippen MR) is 22.1 cm³/mol. The van der Waals surface area contributed by atoms with Gasteiger partial charge in [-0.1, -0.05) is 0 Å². The molecule has 45 valence electrons. The van der Waals surface area contributed by atoms with Gasteiger partial charge in [-0.3, -0.25) is 0 Å². The molecule has 0 heterocycles. The van der Waals surface area contributed by atoms with E-state index in [1.165, 1.54) is 0 Å². The monoisotopic (exact) mass is 188 g/mol. The van der Waals surface area contributed by atoms with Gasteiger partial charge in [-0.25, -0.2) is 0 Å². The number of halogens is 2. The molecule has 0 saturated heterocycles. The van der Waals surface area contributed by atoms with Crippen LogP contribution in [0.5, 0.6) is 0 Å². The maximum atomic E-state index is 8.25. The van der Waals surface area contributed by atoms with Gasteiger partial charge in [0.2, 0.25) is 0 Å². The zero-order valence-electron chi connectivity index (χ0n) is 2.78. The van der Waals surface area contributed by atoms with Gasteiger partial charge in [-0.05, 0) is 0 Å². The quantitative estimate of drug-likeness (QED) is 0.325. The van der Waals surface area contributed by atoms with Crippen LogP contribution < -0.4 is 0 Å². The van der Waals surface area contributed by atoms with Gasteiger partial charge in [0, 0.05) is 0 Å². The van der Waals surface area contributed by atoms with Crippen LogP contribution in [0.1, 0.15) is 0 Å². The van der Waals surface area contributed by atoms with Crippen LogP contribution in [0.25, 0.3) is 0 Å². The van der Waals surface area contributed by atoms with Crippen LogP contribution in [0.2, 0.25) is 0 Å². The molecule has 0 saturated carbocycles. The summed E-state index contributed by atoms with van der Waals surface area (Å²) in [5.41, 5.74) is 0. The van der Waals surface area contributed by atoms with E-state index in [0.717, 1.165) is 0 Å². The van der Waals surface area contributed by atoms with Crippen molar-refractivity contribution in [2.75, 3.05) is 0 Å². The Kier molecular flexibility index (Phi) is 14.1. The van der Waals surface area contributed by atoms with Gasteiger partial charge in [0.05, 0.1) is 5.09 Å². The Morgan fingerprint density at radius 2 is 1.43 bits per heavy atom. The average Bonchev–Trinajstić information content (AvgIpc) is 1.33. The van der Waals surface area contributed by atoms with Crippen molar-refractivity contribution < 1.29 is 18.2 Å². The number of rotatable bonds is 0. The Morgan fingerprint density at radius 1 is 1.43 bits per heavy atom. The molecule has 4 nitrogen and oxygen atoms in total. The number of nitrogens with zero attached hydrogens (tertiary/aromatic N) is 1. The van der Waals surface area contributed by atoms with Gasteiger partial charge in [0.25, 0.3) is 0 Å². The van der Waals surface area contributed by atoms with Crippen LogP contribution in [-0.4, -0.2) is 5.09 Å². The zero-order chi connectivity index (χ0) is 6.28. The van der Waals surface area contributed by atoms with Gasteiger partial charge >= 0.3 is 33.3 Å². The number of hydrogen-bond acceptors (Lipinski definition) is 3. The summed E-state index contributed by atoms with van der Waals surface area (Å²) < 4.78 is 0. The molecule has 0 bridgehead atoms. The van der Waals surface area contributed by atoms with E-state index in [9.17, 15) is 0 Å². The summed E-state index contributed by atoms with van der Waals surface area (Å²) in [7, 11) is 9.53. The van der Waals surface area contributed by atoms with Gasteiger partial charge in [0.15, 0.2) is 0 Å². The second-order valence-electron chi connectivity index (χ2n) is 0.274. The predicted octanol–water partition coefficient (Wildman–Crippen LogP) is 1.14. The van der Waals surface area contributed by atoms with Crippen molar-refractivity contribution in [2.45, 2.75) is 0 Å². The van der Waals surface area contributed by atoms with Gasteiger partial charge in [-0.15, -0.1) is 0 Å². The van der Waals surface area contributed by atoms with E-state index in [0.29, 0.717) is 0 Å². The minimum absolute atomic E-state index is 0.194. The van der Waals surface area contributed by atoms with Crippen molar-refractivity contribution in [3.8, 4) is 0 Å².